The van der Waals surface area contributed by atoms with Gasteiger partial charge in [0.25, 0.3) is 0 Å². The predicted molar refractivity (Wildman–Crippen MR) is 131 cm³/mol. The van der Waals surface area contributed by atoms with E-state index >= 15 is 0 Å². The van der Waals surface area contributed by atoms with Gasteiger partial charge < -0.3 is 14.6 Å². The summed E-state index contributed by atoms with van der Waals surface area (Å²) < 4.78 is 7.60. The van der Waals surface area contributed by atoms with E-state index in [-0.39, 0.29) is 11.8 Å². The fraction of sp³-hybridized carbons (Fsp3) is 0.320. The van der Waals surface area contributed by atoms with Gasteiger partial charge >= 0.3 is 0 Å². The molecule has 2 aromatic heterocycles. The SMILES string of the molecule is COc1ccc(Cn2c(CN3CCC(C(=O)Nc4nccs4)CC3)nc3ccccc32)cc1. The summed E-state index contributed by atoms with van der Waals surface area (Å²) in [6.07, 6.45) is 3.40. The van der Waals surface area contributed by atoms with Crippen LogP contribution in [-0.4, -0.2) is 45.5 Å². The average molecular weight is 462 g/mol. The zero-order valence-corrected chi connectivity index (χ0v) is 19.4. The second-order valence-electron chi connectivity index (χ2n) is 8.33. The Hall–Kier alpha value is -3.23. The number of para-hydroxylation sites is 2. The number of amides is 1. The second kappa shape index (κ2) is 9.72. The number of anilines is 1. The number of nitrogens with zero attached hydrogens (tertiary/aromatic N) is 4. The number of hydrogen-bond acceptors (Lipinski definition) is 6. The largest absolute Gasteiger partial charge is 0.497 e. The summed E-state index contributed by atoms with van der Waals surface area (Å²) >= 11 is 1.45. The number of fused-ring (bicyclic) bond motifs is 1. The van der Waals surface area contributed by atoms with Gasteiger partial charge in [0, 0.05) is 24.0 Å². The van der Waals surface area contributed by atoms with E-state index in [9.17, 15) is 4.79 Å². The first-order valence-electron chi connectivity index (χ1n) is 11.2. The number of thiazole rings is 1. The summed E-state index contributed by atoms with van der Waals surface area (Å²) in [7, 11) is 1.68. The fourth-order valence-electron chi connectivity index (χ4n) is 4.38. The Labute approximate surface area is 197 Å². The number of methoxy groups -OCH3 is 1. The molecule has 0 saturated carbocycles. The highest BCUT2D eigenvalue weighted by molar-refractivity contribution is 7.13. The summed E-state index contributed by atoms with van der Waals surface area (Å²) in [5.74, 6) is 2.02. The van der Waals surface area contributed by atoms with Gasteiger partial charge in [-0.05, 0) is 55.8 Å². The van der Waals surface area contributed by atoms with Gasteiger partial charge in [0.2, 0.25) is 5.91 Å². The van der Waals surface area contributed by atoms with Crippen LogP contribution in [0.3, 0.4) is 0 Å². The molecule has 33 heavy (non-hydrogen) atoms. The average Bonchev–Trinajstić information content (AvgIpc) is 3.48. The Morgan fingerprint density at radius 1 is 1.12 bits per heavy atom. The van der Waals surface area contributed by atoms with Gasteiger partial charge in [-0.2, -0.15) is 0 Å². The predicted octanol–water partition coefficient (Wildman–Crippen LogP) is 4.40. The molecule has 8 heteroatoms. The molecule has 0 spiro atoms. The molecule has 0 atom stereocenters. The van der Waals surface area contributed by atoms with E-state index in [1.807, 2.05) is 23.6 Å². The van der Waals surface area contributed by atoms with Crippen LogP contribution in [0, 0.1) is 5.92 Å². The van der Waals surface area contributed by atoms with Crippen molar-refractivity contribution in [2.24, 2.45) is 5.92 Å². The second-order valence-corrected chi connectivity index (χ2v) is 9.22. The molecular formula is C25H27N5O2S. The number of piperidine rings is 1. The molecule has 0 bridgehead atoms. The number of imidazole rings is 1. The zero-order valence-electron chi connectivity index (χ0n) is 18.6. The summed E-state index contributed by atoms with van der Waals surface area (Å²) in [5, 5.41) is 5.49. The smallest absolute Gasteiger partial charge is 0.229 e. The van der Waals surface area contributed by atoms with Crippen molar-refractivity contribution in [1.29, 1.82) is 0 Å². The number of carbonyl (C=O) groups excluding carboxylic acids is 1. The van der Waals surface area contributed by atoms with Crippen molar-refractivity contribution in [3.8, 4) is 5.75 Å². The van der Waals surface area contributed by atoms with Crippen LogP contribution in [0.4, 0.5) is 5.13 Å². The molecular weight excluding hydrogens is 434 g/mol. The molecule has 3 heterocycles. The van der Waals surface area contributed by atoms with E-state index < -0.39 is 0 Å². The first-order valence-corrected chi connectivity index (χ1v) is 12.1. The first-order chi connectivity index (χ1) is 16.2. The van der Waals surface area contributed by atoms with E-state index in [4.69, 9.17) is 9.72 Å². The lowest BCUT2D eigenvalue weighted by Crippen LogP contribution is -2.38. The molecule has 0 aliphatic carbocycles. The number of carbonyl (C=O) groups is 1. The van der Waals surface area contributed by atoms with Crippen LogP contribution in [0.2, 0.25) is 0 Å². The van der Waals surface area contributed by atoms with Crippen molar-refractivity contribution >= 4 is 33.4 Å². The monoisotopic (exact) mass is 461 g/mol. The number of nitrogens with one attached hydrogen (secondary N) is 1. The summed E-state index contributed by atoms with van der Waals surface area (Å²) in [6, 6.07) is 16.5. The van der Waals surface area contributed by atoms with E-state index in [1.165, 1.54) is 16.9 Å². The van der Waals surface area contributed by atoms with Crippen molar-refractivity contribution in [1.82, 2.24) is 19.4 Å². The maximum absolute atomic E-state index is 12.6. The number of likely N-dealkylation sites (tertiary alicyclic amines) is 1. The number of hydrogen-bond donors (Lipinski definition) is 1. The molecule has 4 aromatic rings. The van der Waals surface area contributed by atoms with Crippen LogP contribution in [0.25, 0.3) is 11.0 Å². The van der Waals surface area contributed by atoms with Crippen LogP contribution in [0.15, 0.2) is 60.1 Å². The number of ether oxygens (including phenoxy) is 1. The lowest BCUT2D eigenvalue weighted by molar-refractivity contribution is -0.121. The molecule has 170 valence electrons. The maximum atomic E-state index is 12.6. The lowest BCUT2D eigenvalue weighted by Gasteiger charge is -2.31. The third-order valence-electron chi connectivity index (χ3n) is 6.22. The third-order valence-corrected chi connectivity index (χ3v) is 6.91. The van der Waals surface area contributed by atoms with Crippen LogP contribution in [0.1, 0.15) is 24.2 Å². The number of aromatic nitrogens is 3. The number of benzene rings is 2. The topological polar surface area (TPSA) is 72.3 Å². The highest BCUT2D eigenvalue weighted by Gasteiger charge is 2.26. The first kappa shape index (κ1) is 21.6. The van der Waals surface area contributed by atoms with Crippen molar-refractivity contribution in [2.75, 3.05) is 25.5 Å². The van der Waals surface area contributed by atoms with Crippen molar-refractivity contribution in [2.45, 2.75) is 25.9 Å². The minimum atomic E-state index is 0.0308. The third kappa shape index (κ3) is 4.91. The zero-order chi connectivity index (χ0) is 22.6. The molecule has 1 aliphatic heterocycles. The molecule has 1 amide bonds. The quantitative estimate of drug-likeness (QED) is 0.442. The van der Waals surface area contributed by atoms with E-state index in [1.54, 1.807) is 13.3 Å². The molecule has 0 radical (unpaired) electrons. The van der Waals surface area contributed by atoms with Gasteiger partial charge in [0.05, 0.1) is 24.7 Å². The minimum Gasteiger partial charge on any atom is -0.497 e. The molecule has 2 aromatic carbocycles. The van der Waals surface area contributed by atoms with Crippen LogP contribution < -0.4 is 10.1 Å². The van der Waals surface area contributed by atoms with Gasteiger partial charge in [0.15, 0.2) is 5.13 Å². The van der Waals surface area contributed by atoms with Crippen LogP contribution in [-0.2, 0) is 17.9 Å². The molecule has 0 unspecified atom stereocenters. The Balaban J connectivity index is 1.28. The van der Waals surface area contributed by atoms with E-state index in [0.29, 0.717) is 5.13 Å². The normalized spacial score (nSPS) is 15.1. The Bertz CT molecular complexity index is 1210. The minimum absolute atomic E-state index is 0.0308. The Morgan fingerprint density at radius 3 is 2.64 bits per heavy atom. The van der Waals surface area contributed by atoms with Gasteiger partial charge in [-0.3, -0.25) is 9.69 Å². The Kier molecular flexibility index (Phi) is 6.37. The molecule has 1 saturated heterocycles. The molecule has 7 nitrogen and oxygen atoms in total. The number of rotatable bonds is 7. The Morgan fingerprint density at radius 2 is 1.91 bits per heavy atom. The maximum Gasteiger partial charge on any atom is 0.229 e. The molecule has 5 rings (SSSR count). The summed E-state index contributed by atoms with van der Waals surface area (Å²) in [6.45, 7) is 3.28. The van der Waals surface area contributed by atoms with Crippen molar-refractivity contribution < 1.29 is 9.53 Å². The highest BCUT2D eigenvalue weighted by Crippen LogP contribution is 2.24. The lowest BCUT2D eigenvalue weighted by atomic mass is 9.96. The summed E-state index contributed by atoms with van der Waals surface area (Å²) in [5.41, 5.74) is 3.36. The molecule has 1 fully saturated rings. The van der Waals surface area contributed by atoms with Crippen LogP contribution in [0.5, 0.6) is 5.75 Å². The van der Waals surface area contributed by atoms with E-state index in [0.717, 1.165) is 61.6 Å². The highest BCUT2D eigenvalue weighted by atomic mass is 32.1. The standard InChI is InChI=1S/C25H27N5O2S/c1-32-20-8-6-18(7-9-20)16-30-22-5-3-2-4-21(22)27-23(30)17-29-13-10-19(11-14-29)24(31)28-25-26-12-15-33-25/h2-9,12,15,19H,10-11,13-14,16-17H2,1H3,(H,26,28,31). The molecule has 1 aliphatic rings. The summed E-state index contributed by atoms with van der Waals surface area (Å²) in [4.78, 5) is 24.1. The van der Waals surface area contributed by atoms with Crippen molar-refractivity contribution in [3.63, 3.8) is 0 Å². The van der Waals surface area contributed by atoms with Gasteiger partial charge in [-0.1, -0.05) is 24.3 Å². The van der Waals surface area contributed by atoms with Gasteiger partial charge in [0.1, 0.15) is 11.6 Å². The molecule has 1 N–H and O–H groups in total. The van der Waals surface area contributed by atoms with Crippen LogP contribution >= 0.6 is 11.3 Å². The van der Waals surface area contributed by atoms with Gasteiger partial charge in [-0.25, -0.2) is 9.97 Å². The van der Waals surface area contributed by atoms with E-state index in [2.05, 4.69) is 50.1 Å². The fourth-order valence-corrected chi connectivity index (χ4v) is 4.91. The van der Waals surface area contributed by atoms with Gasteiger partial charge in [-0.15, -0.1) is 11.3 Å². The van der Waals surface area contributed by atoms with Crippen molar-refractivity contribution in [3.05, 3.63) is 71.5 Å².